The number of hydrogen-bond donors (Lipinski definition) is 3. The van der Waals surface area contributed by atoms with Crippen molar-refractivity contribution >= 4 is 23.0 Å². The van der Waals surface area contributed by atoms with Crippen molar-refractivity contribution in [2.45, 2.75) is 45.3 Å². The van der Waals surface area contributed by atoms with Crippen LogP contribution in [0.1, 0.15) is 31.7 Å². The number of aliphatic hydroxyl groups is 2. The number of unbranched alkanes of at least 4 members (excludes halogenated alkanes) is 1. The molecule has 7 nitrogen and oxygen atoms in total. The maximum atomic E-state index is 11.6. The molecular weight excluding hydrogens is 410 g/mol. The first kappa shape index (κ1) is 25.2. The summed E-state index contributed by atoms with van der Waals surface area (Å²) in [5.41, 5.74) is 1.63. The Morgan fingerprint density at radius 2 is 1.97 bits per heavy atom. The van der Waals surface area contributed by atoms with Gasteiger partial charge in [0.15, 0.2) is 5.78 Å². The molecule has 0 radical (unpaired) electrons. The Labute approximate surface area is 187 Å². The summed E-state index contributed by atoms with van der Waals surface area (Å²) in [6.07, 6.45) is 7.72. The summed E-state index contributed by atoms with van der Waals surface area (Å²) in [4.78, 5) is 36.6. The van der Waals surface area contributed by atoms with Crippen molar-refractivity contribution in [1.29, 1.82) is 0 Å². The minimum Gasteiger partial charge on any atom is -0.495 e. The Balaban J connectivity index is 0.000000233. The number of nitrogens with one attached hydrogen (secondary N) is 1. The van der Waals surface area contributed by atoms with E-state index in [2.05, 4.69) is 11.9 Å². The molecule has 0 spiro atoms. The number of ether oxygens (including phenoxy) is 1. The van der Waals surface area contributed by atoms with Gasteiger partial charge < -0.3 is 24.7 Å². The van der Waals surface area contributed by atoms with E-state index in [1.54, 1.807) is 25.3 Å². The summed E-state index contributed by atoms with van der Waals surface area (Å²) >= 11 is 0. The fourth-order valence-corrected chi connectivity index (χ4v) is 3.66. The molecule has 2 aromatic rings. The van der Waals surface area contributed by atoms with Crippen molar-refractivity contribution < 1.29 is 24.5 Å². The van der Waals surface area contributed by atoms with Crippen LogP contribution in [-0.2, 0) is 9.59 Å². The van der Waals surface area contributed by atoms with E-state index in [-0.39, 0.29) is 17.9 Å². The topological polar surface area (TPSA) is 117 Å². The third-order valence-electron chi connectivity index (χ3n) is 5.43. The number of aldehydes is 1. The molecule has 32 heavy (non-hydrogen) atoms. The molecule has 4 atom stereocenters. The van der Waals surface area contributed by atoms with Crippen LogP contribution in [0.5, 0.6) is 5.75 Å². The number of para-hydroxylation sites is 1. The van der Waals surface area contributed by atoms with Gasteiger partial charge in [-0.2, -0.15) is 0 Å². The summed E-state index contributed by atoms with van der Waals surface area (Å²) in [5, 5.41) is 20.0. The van der Waals surface area contributed by atoms with Gasteiger partial charge in [0.25, 0.3) is 0 Å². The number of carbonyl (C=O) groups is 2. The van der Waals surface area contributed by atoms with Crippen LogP contribution in [0.25, 0.3) is 10.9 Å². The number of aromatic nitrogens is 1. The van der Waals surface area contributed by atoms with Crippen molar-refractivity contribution in [3.05, 3.63) is 64.5 Å². The second-order valence-corrected chi connectivity index (χ2v) is 7.78. The number of rotatable bonds is 6. The predicted molar refractivity (Wildman–Crippen MR) is 124 cm³/mol. The number of carbonyl (C=O) groups excluding carboxylic acids is 2. The lowest BCUT2D eigenvalue weighted by Crippen LogP contribution is -2.47. The highest BCUT2D eigenvalue weighted by Crippen LogP contribution is 2.28. The Kier molecular flexibility index (Phi) is 9.56. The van der Waals surface area contributed by atoms with Crippen LogP contribution >= 0.6 is 0 Å². The van der Waals surface area contributed by atoms with Crippen LogP contribution in [0.4, 0.5) is 0 Å². The van der Waals surface area contributed by atoms with E-state index in [4.69, 9.17) is 4.74 Å². The van der Waals surface area contributed by atoms with Gasteiger partial charge in [0.05, 0.1) is 24.6 Å². The second kappa shape index (κ2) is 12.1. The molecule has 1 aliphatic rings. The lowest BCUT2D eigenvalue weighted by atomic mass is 9.76. The highest BCUT2D eigenvalue weighted by molar-refractivity contribution is 5.97. The molecule has 1 aliphatic carbocycles. The first-order valence-corrected chi connectivity index (χ1v) is 10.7. The van der Waals surface area contributed by atoms with E-state index in [1.165, 1.54) is 0 Å². The molecule has 3 N–H and O–H groups in total. The van der Waals surface area contributed by atoms with Crippen molar-refractivity contribution in [3.8, 4) is 5.75 Å². The number of benzene rings is 1. The van der Waals surface area contributed by atoms with E-state index in [9.17, 15) is 24.6 Å². The van der Waals surface area contributed by atoms with Crippen LogP contribution in [0.3, 0.4) is 0 Å². The van der Waals surface area contributed by atoms with Gasteiger partial charge in [-0.25, -0.2) is 0 Å². The molecule has 3 rings (SSSR count). The smallest absolute Gasteiger partial charge is 0.248 e. The monoisotopic (exact) mass is 441 g/mol. The van der Waals surface area contributed by atoms with Crippen LogP contribution in [0.15, 0.2) is 53.4 Å². The lowest BCUT2D eigenvalue weighted by Gasteiger charge is -2.31. The number of ketones is 1. The number of methoxy groups -OCH3 is 1. The molecule has 1 saturated carbocycles. The molecule has 0 amide bonds. The first-order chi connectivity index (χ1) is 15.3. The first-order valence-electron chi connectivity index (χ1n) is 10.7. The SMILES string of the molecule is CCCC=CC=CC1CC(O)C(O)C(=O)C1C=O.COc1cccc2c(C)cc(=O)[nH]c12. The number of pyridine rings is 1. The van der Waals surface area contributed by atoms with Gasteiger partial charge >= 0.3 is 0 Å². The van der Waals surface area contributed by atoms with Gasteiger partial charge in [0, 0.05) is 11.5 Å². The molecule has 1 heterocycles. The van der Waals surface area contributed by atoms with Crippen LogP contribution in [0, 0.1) is 18.8 Å². The Bertz CT molecular complexity index is 1040. The van der Waals surface area contributed by atoms with Crippen molar-refractivity contribution in [2.75, 3.05) is 7.11 Å². The predicted octanol–water partition coefficient (Wildman–Crippen LogP) is 2.87. The van der Waals surface area contributed by atoms with Crippen LogP contribution < -0.4 is 10.3 Å². The second-order valence-electron chi connectivity index (χ2n) is 7.78. The van der Waals surface area contributed by atoms with Gasteiger partial charge in [0.2, 0.25) is 5.56 Å². The third-order valence-corrected chi connectivity index (χ3v) is 5.43. The molecule has 1 aromatic heterocycles. The summed E-state index contributed by atoms with van der Waals surface area (Å²) in [5.74, 6) is -1.07. The number of hydrogen-bond acceptors (Lipinski definition) is 6. The zero-order valence-corrected chi connectivity index (χ0v) is 18.7. The van der Waals surface area contributed by atoms with Crippen molar-refractivity contribution in [3.63, 3.8) is 0 Å². The minimum absolute atomic E-state index is 0.0977. The number of aryl methyl sites for hydroxylation is 1. The Morgan fingerprint density at radius 3 is 2.62 bits per heavy atom. The summed E-state index contributed by atoms with van der Waals surface area (Å²) in [7, 11) is 1.59. The van der Waals surface area contributed by atoms with Crippen molar-refractivity contribution in [1.82, 2.24) is 4.98 Å². The number of allylic oxidation sites excluding steroid dienone is 4. The maximum absolute atomic E-state index is 11.6. The largest absolute Gasteiger partial charge is 0.495 e. The lowest BCUT2D eigenvalue weighted by molar-refractivity contribution is -0.146. The molecule has 0 bridgehead atoms. The standard InChI is InChI=1S/C14H20O4.C11H11NO2/c1-2-3-4-5-6-7-10-8-12(16)14(18)13(17)11(10)9-15;1-7-6-10(13)12-11-8(7)4-3-5-9(11)14-2/h4-7,9-12,14,16,18H,2-3,8H2,1H3;3-6H,1-2H3,(H,12,13). The van der Waals surface area contributed by atoms with Gasteiger partial charge in [-0.15, -0.1) is 0 Å². The molecule has 0 saturated heterocycles. The fraction of sp³-hybridized carbons (Fsp3) is 0.400. The number of H-pyrrole nitrogens is 1. The van der Waals surface area contributed by atoms with E-state index in [1.807, 2.05) is 37.3 Å². The van der Waals surface area contributed by atoms with E-state index in [0.29, 0.717) is 12.0 Å². The maximum Gasteiger partial charge on any atom is 0.248 e. The van der Waals surface area contributed by atoms with E-state index >= 15 is 0 Å². The molecule has 1 fully saturated rings. The average Bonchev–Trinajstić information content (AvgIpc) is 2.77. The summed E-state index contributed by atoms with van der Waals surface area (Å²) in [6, 6.07) is 7.29. The summed E-state index contributed by atoms with van der Waals surface area (Å²) in [6.45, 7) is 3.99. The van der Waals surface area contributed by atoms with Crippen LogP contribution in [0.2, 0.25) is 0 Å². The normalized spacial score (nSPS) is 23.3. The highest BCUT2D eigenvalue weighted by Gasteiger charge is 2.41. The quantitative estimate of drug-likeness (QED) is 0.361. The highest BCUT2D eigenvalue weighted by atomic mass is 16.5. The molecular formula is C25H31NO6. The Morgan fingerprint density at radius 1 is 1.22 bits per heavy atom. The zero-order valence-electron chi connectivity index (χ0n) is 18.7. The summed E-state index contributed by atoms with van der Waals surface area (Å²) < 4.78 is 5.17. The zero-order chi connectivity index (χ0) is 23.7. The van der Waals surface area contributed by atoms with Gasteiger partial charge in [-0.3, -0.25) is 9.59 Å². The Hall–Kier alpha value is -3.03. The average molecular weight is 442 g/mol. The van der Waals surface area contributed by atoms with Gasteiger partial charge in [-0.05, 0) is 37.3 Å². The molecule has 7 heteroatoms. The fourth-order valence-electron chi connectivity index (χ4n) is 3.66. The number of fused-ring (bicyclic) bond motifs is 1. The molecule has 1 aromatic carbocycles. The third kappa shape index (κ3) is 6.24. The van der Waals surface area contributed by atoms with E-state index < -0.39 is 23.9 Å². The molecule has 172 valence electrons. The molecule has 0 aliphatic heterocycles. The number of aromatic amines is 1. The van der Waals surface area contributed by atoms with Crippen molar-refractivity contribution in [2.24, 2.45) is 11.8 Å². The number of aliphatic hydroxyl groups excluding tert-OH is 2. The van der Waals surface area contributed by atoms with Gasteiger partial charge in [0.1, 0.15) is 18.1 Å². The minimum atomic E-state index is -1.43. The van der Waals surface area contributed by atoms with Gasteiger partial charge in [-0.1, -0.05) is 49.8 Å². The van der Waals surface area contributed by atoms with Crippen LogP contribution in [-0.4, -0.2) is 46.6 Å². The molecule has 4 unspecified atom stereocenters. The number of Topliss-reactive ketones (excluding diaryl/α,β-unsaturated/α-hetero) is 1. The van der Waals surface area contributed by atoms with E-state index in [0.717, 1.165) is 29.3 Å².